The molecule has 0 aromatic carbocycles. The average Bonchev–Trinajstić information content (AvgIpc) is 2.79. The minimum Gasteiger partial charge on any atom is -0.231 e. The SMILES string of the molecule is N#Cc1cccc(SCC2CCCC2)n1. The number of thioether (sulfide) groups is 1. The van der Waals surface area contributed by atoms with Crippen LogP contribution < -0.4 is 0 Å². The van der Waals surface area contributed by atoms with E-state index in [4.69, 9.17) is 5.26 Å². The van der Waals surface area contributed by atoms with Crippen LogP contribution in [0.3, 0.4) is 0 Å². The highest BCUT2D eigenvalue weighted by Gasteiger charge is 2.15. The van der Waals surface area contributed by atoms with Crippen molar-refractivity contribution in [3.05, 3.63) is 23.9 Å². The Balaban J connectivity index is 1.90. The molecule has 1 fully saturated rings. The summed E-state index contributed by atoms with van der Waals surface area (Å²) in [6.45, 7) is 0. The Bertz CT molecular complexity index is 364. The average molecular weight is 218 g/mol. The summed E-state index contributed by atoms with van der Waals surface area (Å²) in [5, 5.41) is 9.71. The highest BCUT2D eigenvalue weighted by molar-refractivity contribution is 7.99. The van der Waals surface area contributed by atoms with Gasteiger partial charge in [0.25, 0.3) is 0 Å². The lowest BCUT2D eigenvalue weighted by Crippen LogP contribution is -1.97. The van der Waals surface area contributed by atoms with Gasteiger partial charge in [-0.3, -0.25) is 0 Å². The zero-order chi connectivity index (χ0) is 10.5. The number of pyridine rings is 1. The fraction of sp³-hybridized carbons (Fsp3) is 0.500. The Morgan fingerprint density at radius 1 is 1.40 bits per heavy atom. The number of hydrogen-bond acceptors (Lipinski definition) is 3. The van der Waals surface area contributed by atoms with Gasteiger partial charge in [0.1, 0.15) is 11.8 Å². The van der Waals surface area contributed by atoms with E-state index >= 15 is 0 Å². The molecule has 2 nitrogen and oxygen atoms in total. The van der Waals surface area contributed by atoms with Crippen LogP contribution in [0.2, 0.25) is 0 Å². The van der Waals surface area contributed by atoms with E-state index in [1.807, 2.05) is 12.1 Å². The van der Waals surface area contributed by atoms with Crippen LogP contribution >= 0.6 is 11.8 Å². The van der Waals surface area contributed by atoms with Crippen molar-refractivity contribution in [2.45, 2.75) is 30.7 Å². The van der Waals surface area contributed by atoms with Gasteiger partial charge in [-0.05, 0) is 30.9 Å². The van der Waals surface area contributed by atoms with Crippen molar-refractivity contribution < 1.29 is 0 Å². The molecule has 0 spiro atoms. The second-order valence-corrected chi connectivity index (χ2v) is 4.97. The molecule has 78 valence electrons. The lowest BCUT2D eigenvalue weighted by Gasteiger charge is -2.07. The second kappa shape index (κ2) is 5.18. The molecule has 0 amide bonds. The molecule has 1 aromatic heterocycles. The molecule has 2 rings (SSSR count). The molecule has 1 aliphatic rings. The van der Waals surface area contributed by atoms with Crippen LogP contribution in [0.5, 0.6) is 0 Å². The molecule has 0 aliphatic heterocycles. The van der Waals surface area contributed by atoms with Crippen LogP contribution in [-0.2, 0) is 0 Å². The van der Waals surface area contributed by atoms with Crippen molar-refractivity contribution in [2.24, 2.45) is 5.92 Å². The van der Waals surface area contributed by atoms with Crippen molar-refractivity contribution in [3.63, 3.8) is 0 Å². The molecular formula is C12H14N2S. The highest BCUT2D eigenvalue weighted by Crippen LogP contribution is 2.30. The predicted octanol–water partition coefficient (Wildman–Crippen LogP) is 3.24. The van der Waals surface area contributed by atoms with Gasteiger partial charge in [-0.15, -0.1) is 11.8 Å². The van der Waals surface area contributed by atoms with Gasteiger partial charge >= 0.3 is 0 Å². The van der Waals surface area contributed by atoms with Crippen molar-refractivity contribution in [1.29, 1.82) is 5.26 Å². The smallest absolute Gasteiger partial charge is 0.141 e. The van der Waals surface area contributed by atoms with Gasteiger partial charge in [-0.25, -0.2) is 4.98 Å². The Kier molecular flexibility index (Phi) is 3.63. The predicted molar refractivity (Wildman–Crippen MR) is 61.6 cm³/mol. The van der Waals surface area contributed by atoms with Gasteiger partial charge < -0.3 is 0 Å². The standard InChI is InChI=1S/C12H14N2S/c13-8-11-6-3-7-12(14-11)15-9-10-4-1-2-5-10/h3,6-7,10H,1-2,4-5,9H2. The number of nitriles is 1. The van der Waals surface area contributed by atoms with Crippen LogP contribution in [0.4, 0.5) is 0 Å². The second-order valence-electron chi connectivity index (χ2n) is 3.93. The van der Waals surface area contributed by atoms with Gasteiger partial charge in [0, 0.05) is 5.75 Å². The Morgan fingerprint density at radius 2 is 2.20 bits per heavy atom. The normalized spacial score (nSPS) is 16.5. The molecule has 0 bridgehead atoms. The van der Waals surface area contributed by atoms with E-state index in [1.54, 1.807) is 17.8 Å². The minimum absolute atomic E-state index is 0.520. The summed E-state index contributed by atoms with van der Waals surface area (Å²) in [5.41, 5.74) is 0.520. The van der Waals surface area contributed by atoms with Crippen molar-refractivity contribution in [3.8, 4) is 6.07 Å². The molecular weight excluding hydrogens is 204 g/mol. The summed E-state index contributed by atoms with van der Waals surface area (Å²) in [7, 11) is 0. The quantitative estimate of drug-likeness (QED) is 0.731. The highest BCUT2D eigenvalue weighted by atomic mass is 32.2. The van der Waals surface area contributed by atoms with Crippen LogP contribution in [0.1, 0.15) is 31.4 Å². The first-order valence-electron chi connectivity index (χ1n) is 5.38. The fourth-order valence-corrected chi connectivity index (χ4v) is 3.02. The van der Waals surface area contributed by atoms with Crippen LogP contribution in [-0.4, -0.2) is 10.7 Å². The van der Waals surface area contributed by atoms with Crippen molar-refractivity contribution in [2.75, 3.05) is 5.75 Å². The third-order valence-corrected chi connectivity index (χ3v) is 3.94. The van der Waals surface area contributed by atoms with E-state index in [9.17, 15) is 0 Å². The molecule has 15 heavy (non-hydrogen) atoms. The molecule has 1 heterocycles. The van der Waals surface area contributed by atoms with Gasteiger partial charge in [0.2, 0.25) is 0 Å². The van der Waals surface area contributed by atoms with E-state index in [0.717, 1.165) is 16.7 Å². The van der Waals surface area contributed by atoms with E-state index in [2.05, 4.69) is 11.1 Å². The summed E-state index contributed by atoms with van der Waals surface area (Å²) >= 11 is 1.78. The zero-order valence-electron chi connectivity index (χ0n) is 8.65. The van der Waals surface area contributed by atoms with E-state index in [0.29, 0.717) is 5.69 Å². The summed E-state index contributed by atoms with van der Waals surface area (Å²) in [4.78, 5) is 4.25. The fourth-order valence-electron chi connectivity index (χ4n) is 1.94. The molecule has 0 atom stereocenters. The third kappa shape index (κ3) is 2.97. The molecule has 1 saturated carbocycles. The summed E-state index contributed by atoms with van der Waals surface area (Å²) < 4.78 is 0. The number of hydrogen-bond donors (Lipinski definition) is 0. The van der Waals surface area contributed by atoms with Gasteiger partial charge in [0.15, 0.2) is 0 Å². The largest absolute Gasteiger partial charge is 0.231 e. The van der Waals surface area contributed by atoms with Crippen molar-refractivity contribution >= 4 is 11.8 Å². The number of nitrogens with zero attached hydrogens (tertiary/aromatic N) is 2. The Morgan fingerprint density at radius 3 is 2.93 bits per heavy atom. The van der Waals surface area contributed by atoms with E-state index < -0.39 is 0 Å². The molecule has 3 heteroatoms. The minimum atomic E-state index is 0.520. The maximum Gasteiger partial charge on any atom is 0.141 e. The van der Waals surface area contributed by atoms with Gasteiger partial charge in [-0.1, -0.05) is 18.9 Å². The summed E-state index contributed by atoms with van der Waals surface area (Å²) in [5.74, 6) is 2.02. The monoisotopic (exact) mass is 218 g/mol. The summed E-state index contributed by atoms with van der Waals surface area (Å²) in [6.07, 6.45) is 5.50. The van der Waals surface area contributed by atoms with E-state index in [1.165, 1.54) is 25.7 Å². The van der Waals surface area contributed by atoms with Crippen molar-refractivity contribution in [1.82, 2.24) is 4.98 Å². The summed E-state index contributed by atoms with van der Waals surface area (Å²) in [6, 6.07) is 7.71. The van der Waals surface area contributed by atoms with Gasteiger partial charge in [0.05, 0.1) is 5.03 Å². The number of aromatic nitrogens is 1. The van der Waals surface area contributed by atoms with Crippen LogP contribution in [0.25, 0.3) is 0 Å². The third-order valence-electron chi connectivity index (χ3n) is 2.78. The van der Waals surface area contributed by atoms with Crippen LogP contribution in [0.15, 0.2) is 23.2 Å². The Hall–Kier alpha value is -1.01. The zero-order valence-corrected chi connectivity index (χ0v) is 9.46. The number of rotatable bonds is 3. The van der Waals surface area contributed by atoms with E-state index in [-0.39, 0.29) is 0 Å². The maximum atomic E-state index is 8.72. The lowest BCUT2D eigenvalue weighted by molar-refractivity contribution is 0.623. The molecule has 1 aromatic rings. The van der Waals surface area contributed by atoms with Crippen LogP contribution in [0, 0.1) is 17.2 Å². The first kappa shape index (κ1) is 10.5. The first-order chi connectivity index (χ1) is 7.38. The lowest BCUT2D eigenvalue weighted by atomic mass is 10.1. The van der Waals surface area contributed by atoms with Gasteiger partial charge in [-0.2, -0.15) is 5.26 Å². The maximum absolute atomic E-state index is 8.72. The Labute approximate surface area is 94.7 Å². The molecule has 1 aliphatic carbocycles. The topological polar surface area (TPSA) is 36.7 Å². The molecule has 0 saturated heterocycles. The first-order valence-corrected chi connectivity index (χ1v) is 6.37. The molecule has 0 radical (unpaired) electrons. The molecule has 0 unspecified atom stereocenters. The molecule has 0 N–H and O–H groups in total.